The Kier molecular flexibility index (Phi) is 2.56. The van der Waals surface area contributed by atoms with Gasteiger partial charge < -0.3 is 5.73 Å². The highest BCUT2D eigenvalue weighted by atomic mass is 15.1. The quantitative estimate of drug-likeness (QED) is 0.719. The van der Waals surface area contributed by atoms with Gasteiger partial charge in [0.05, 0.1) is 0 Å². The number of benzene rings is 1. The molecule has 0 aliphatic heterocycles. The lowest BCUT2D eigenvalue weighted by Crippen LogP contribution is -1.94. The Hall–Kier alpha value is -2.29. The van der Waals surface area contributed by atoms with Crippen molar-refractivity contribution >= 4 is 11.5 Å². The van der Waals surface area contributed by atoms with Crippen molar-refractivity contribution in [1.82, 2.24) is 9.38 Å². The van der Waals surface area contributed by atoms with Crippen LogP contribution in [0.5, 0.6) is 0 Å². The van der Waals surface area contributed by atoms with E-state index in [1.807, 2.05) is 22.7 Å². The highest BCUT2D eigenvalue weighted by Crippen LogP contribution is 2.28. The molecule has 0 aliphatic rings. The number of anilines is 1. The Morgan fingerprint density at radius 1 is 1.00 bits per heavy atom. The second-order valence-electron chi connectivity index (χ2n) is 5.08. The topological polar surface area (TPSA) is 43.3 Å². The van der Waals surface area contributed by atoms with Gasteiger partial charge in [-0.25, -0.2) is 4.98 Å². The highest BCUT2D eigenvalue weighted by Gasteiger charge is 2.11. The van der Waals surface area contributed by atoms with Crippen molar-refractivity contribution in [2.45, 2.75) is 20.8 Å². The molecule has 2 heterocycles. The molecule has 19 heavy (non-hydrogen) atoms. The lowest BCUT2D eigenvalue weighted by Gasteiger charge is -2.03. The number of nitrogens with two attached hydrogens (primary N) is 1. The van der Waals surface area contributed by atoms with Crippen molar-refractivity contribution in [3.8, 4) is 11.3 Å². The van der Waals surface area contributed by atoms with E-state index in [1.165, 1.54) is 16.7 Å². The van der Waals surface area contributed by atoms with Crippen LogP contribution in [0.25, 0.3) is 16.9 Å². The van der Waals surface area contributed by atoms with Crippen molar-refractivity contribution in [3.63, 3.8) is 0 Å². The summed E-state index contributed by atoms with van der Waals surface area (Å²) in [7, 11) is 0. The summed E-state index contributed by atoms with van der Waals surface area (Å²) in [4.78, 5) is 4.65. The minimum Gasteiger partial charge on any atom is -0.383 e. The van der Waals surface area contributed by atoms with Gasteiger partial charge in [0.15, 0.2) is 0 Å². The molecule has 0 unspecified atom stereocenters. The number of imidazole rings is 1. The largest absolute Gasteiger partial charge is 0.383 e. The van der Waals surface area contributed by atoms with Crippen LogP contribution in [-0.2, 0) is 0 Å². The van der Waals surface area contributed by atoms with E-state index in [9.17, 15) is 0 Å². The van der Waals surface area contributed by atoms with Crippen molar-refractivity contribution in [3.05, 3.63) is 53.2 Å². The summed E-state index contributed by atoms with van der Waals surface area (Å²) < 4.78 is 1.93. The van der Waals surface area contributed by atoms with Crippen LogP contribution >= 0.6 is 0 Å². The van der Waals surface area contributed by atoms with E-state index < -0.39 is 0 Å². The van der Waals surface area contributed by atoms with Gasteiger partial charge in [0.2, 0.25) is 0 Å². The van der Waals surface area contributed by atoms with Crippen molar-refractivity contribution < 1.29 is 0 Å². The van der Waals surface area contributed by atoms with Crippen LogP contribution in [0, 0.1) is 20.8 Å². The molecular formula is C16H17N3. The van der Waals surface area contributed by atoms with Crippen molar-refractivity contribution in [2.24, 2.45) is 0 Å². The lowest BCUT2D eigenvalue weighted by molar-refractivity contribution is 1.18. The summed E-state index contributed by atoms with van der Waals surface area (Å²) in [6.07, 6.45) is 1.97. The van der Waals surface area contributed by atoms with Crippen molar-refractivity contribution in [2.75, 3.05) is 5.73 Å². The maximum atomic E-state index is 6.21. The first-order valence-electron chi connectivity index (χ1n) is 6.38. The normalized spacial score (nSPS) is 11.1. The predicted octanol–water partition coefficient (Wildman–Crippen LogP) is 3.51. The van der Waals surface area contributed by atoms with Gasteiger partial charge in [0.25, 0.3) is 0 Å². The fourth-order valence-corrected chi connectivity index (χ4v) is 2.27. The molecule has 3 aromatic rings. The second kappa shape index (κ2) is 4.12. The average Bonchev–Trinajstić information content (AvgIpc) is 2.70. The minimum absolute atomic E-state index is 0.693. The molecule has 2 N–H and O–H groups in total. The Morgan fingerprint density at radius 2 is 1.79 bits per heavy atom. The number of hydrogen-bond donors (Lipinski definition) is 1. The minimum atomic E-state index is 0.693. The van der Waals surface area contributed by atoms with Crippen LogP contribution < -0.4 is 5.73 Å². The average molecular weight is 251 g/mol. The molecular weight excluding hydrogens is 234 g/mol. The molecule has 0 aliphatic carbocycles. The van der Waals surface area contributed by atoms with E-state index in [-0.39, 0.29) is 0 Å². The van der Waals surface area contributed by atoms with Gasteiger partial charge in [-0.1, -0.05) is 12.1 Å². The van der Waals surface area contributed by atoms with E-state index >= 15 is 0 Å². The van der Waals surface area contributed by atoms with E-state index in [4.69, 9.17) is 5.73 Å². The van der Waals surface area contributed by atoms with Gasteiger partial charge in [-0.05, 0) is 55.7 Å². The zero-order valence-corrected chi connectivity index (χ0v) is 11.4. The standard InChI is InChI=1S/C16H17N3/c1-10-6-7-19-14(8-10)18-15(16(19)17)13-5-4-11(2)12(3)9-13/h4-9H,17H2,1-3H3. The monoisotopic (exact) mass is 251 g/mol. The fourth-order valence-electron chi connectivity index (χ4n) is 2.27. The van der Waals surface area contributed by atoms with Gasteiger partial charge in [-0.3, -0.25) is 4.40 Å². The first-order valence-corrected chi connectivity index (χ1v) is 6.38. The molecule has 0 amide bonds. The van der Waals surface area contributed by atoms with Crippen LogP contribution in [0.4, 0.5) is 5.82 Å². The van der Waals surface area contributed by atoms with E-state index in [0.717, 1.165) is 16.9 Å². The number of hydrogen-bond acceptors (Lipinski definition) is 2. The van der Waals surface area contributed by atoms with E-state index in [0.29, 0.717) is 5.82 Å². The van der Waals surface area contributed by atoms with Crippen LogP contribution in [0.1, 0.15) is 16.7 Å². The molecule has 3 rings (SSSR count). The summed E-state index contributed by atoms with van der Waals surface area (Å²) in [5.74, 6) is 0.693. The zero-order valence-electron chi connectivity index (χ0n) is 11.4. The van der Waals surface area contributed by atoms with Crippen molar-refractivity contribution in [1.29, 1.82) is 0 Å². The number of rotatable bonds is 1. The summed E-state index contributed by atoms with van der Waals surface area (Å²) in [6.45, 7) is 6.27. The summed E-state index contributed by atoms with van der Waals surface area (Å²) in [6, 6.07) is 10.4. The molecule has 0 spiro atoms. The SMILES string of the molecule is Cc1ccn2c(N)c(-c3ccc(C)c(C)c3)nc2c1. The number of fused-ring (bicyclic) bond motifs is 1. The van der Waals surface area contributed by atoms with Gasteiger partial charge in [0.1, 0.15) is 17.2 Å². The highest BCUT2D eigenvalue weighted by molar-refractivity contribution is 5.75. The summed E-state index contributed by atoms with van der Waals surface area (Å²) in [5.41, 5.74) is 12.7. The van der Waals surface area contributed by atoms with Gasteiger partial charge >= 0.3 is 0 Å². The fraction of sp³-hybridized carbons (Fsp3) is 0.188. The maximum absolute atomic E-state index is 6.21. The third-order valence-corrected chi connectivity index (χ3v) is 3.60. The maximum Gasteiger partial charge on any atom is 0.139 e. The first-order chi connectivity index (χ1) is 9.06. The Morgan fingerprint density at radius 3 is 2.53 bits per heavy atom. The summed E-state index contributed by atoms with van der Waals surface area (Å²) in [5, 5.41) is 0. The number of aryl methyl sites for hydroxylation is 3. The molecule has 0 radical (unpaired) electrons. The van der Waals surface area contributed by atoms with Crippen LogP contribution in [-0.4, -0.2) is 9.38 Å². The number of nitrogens with zero attached hydrogens (tertiary/aromatic N) is 2. The first kappa shape index (κ1) is 11.8. The molecule has 3 heteroatoms. The molecule has 96 valence electrons. The summed E-state index contributed by atoms with van der Waals surface area (Å²) >= 11 is 0. The molecule has 3 nitrogen and oxygen atoms in total. The molecule has 0 atom stereocenters. The molecule has 2 aromatic heterocycles. The Balaban J connectivity index is 2.24. The number of nitrogen functional groups attached to an aromatic ring is 1. The molecule has 0 saturated heterocycles. The van der Waals surface area contributed by atoms with Crippen LogP contribution in [0.15, 0.2) is 36.5 Å². The predicted molar refractivity (Wildman–Crippen MR) is 79.3 cm³/mol. The Labute approximate surface area is 112 Å². The second-order valence-corrected chi connectivity index (χ2v) is 5.08. The van der Waals surface area contributed by atoms with E-state index in [2.05, 4.69) is 44.0 Å². The van der Waals surface area contributed by atoms with Gasteiger partial charge in [0, 0.05) is 11.8 Å². The molecule has 0 bridgehead atoms. The van der Waals surface area contributed by atoms with Gasteiger partial charge in [-0.2, -0.15) is 0 Å². The smallest absolute Gasteiger partial charge is 0.139 e. The number of aromatic nitrogens is 2. The molecule has 1 aromatic carbocycles. The zero-order chi connectivity index (χ0) is 13.6. The van der Waals surface area contributed by atoms with Crippen LogP contribution in [0.2, 0.25) is 0 Å². The van der Waals surface area contributed by atoms with E-state index in [1.54, 1.807) is 0 Å². The Bertz CT molecular complexity index is 769. The number of pyridine rings is 1. The molecule has 0 fully saturated rings. The lowest BCUT2D eigenvalue weighted by atomic mass is 10.0. The van der Waals surface area contributed by atoms with Crippen LogP contribution in [0.3, 0.4) is 0 Å². The third kappa shape index (κ3) is 1.87. The third-order valence-electron chi connectivity index (χ3n) is 3.60. The molecule has 0 saturated carbocycles. The van der Waals surface area contributed by atoms with Gasteiger partial charge in [-0.15, -0.1) is 0 Å².